The first kappa shape index (κ1) is 16.2. The fourth-order valence-electron chi connectivity index (χ4n) is 2.02. The van der Waals surface area contributed by atoms with E-state index in [1.54, 1.807) is 0 Å². The van der Waals surface area contributed by atoms with Gasteiger partial charge in [0.15, 0.2) is 0 Å². The molecule has 8 heteroatoms. The minimum Gasteiger partial charge on any atom is -0.394 e. The molecule has 1 saturated heterocycles. The van der Waals surface area contributed by atoms with E-state index in [0.29, 0.717) is 32.4 Å². The Balaban J connectivity index is 2.35. The van der Waals surface area contributed by atoms with Gasteiger partial charge >= 0.3 is 6.03 Å². The molecule has 19 heavy (non-hydrogen) atoms. The maximum atomic E-state index is 11.7. The number of carbonyl (C=O) groups excluding carboxylic acids is 1. The molecule has 1 heterocycles. The van der Waals surface area contributed by atoms with Crippen LogP contribution in [0.15, 0.2) is 0 Å². The van der Waals surface area contributed by atoms with Gasteiger partial charge in [0.05, 0.1) is 18.9 Å². The third-order valence-electron chi connectivity index (χ3n) is 3.31. The first-order chi connectivity index (χ1) is 8.86. The van der Waals surface area contributed by atoms with Crippen molar-refractivity contribution in [2.75, 3.05) is 26.0 Å². The van der Waals surface area contributed by atoms with Gasteiger partial charge in [-0.25, -0.2) is 17.5 Å². The summed E-state index contributed by atoms with van der Waals surface area (Å²) in [4.78, 5) is 11.7. The molecule has 0 aromatic heterocycles. The lowest BCUT2D eigenvalue weighted by molar-refractivity contribution is 0.206. The van der Waals surface area contributed by atoms with Crippen molar-refractivity contribution in [1.29, 1.82) is 0 Å². The maximum Gasteiger partial charge on any atom is 0.315 e. The third kappa shape index (κ3) is 5.33. The van der Waals surface area contributed by atoms with Crippen LogP contribution in [0.3, 0.4) is 0 Å². The Morgan fingerprint density at radius 1 is 1.42 bits per heavy atom. The van der Waals surface area contributed by atoms with Crippen LogP contribution in [0.4, 0.5) is 4.79 Å². The Labute approximate surface area is 114 Å². The molecule has 0 unspecified atom stereocenters. The molecular weight excluding hydrogens is 270 g/mol. The molecule has 0 radical (unpaired) electrons. The summed E-state index contributed by atoms with van der Waals surface area (Å²) in [5, 5.41) is 14.5. The van der Waals surface area contributed by atoms with Crippen molar-refractivity contribution in [3.8, 4) is 0 Å². The minimum absolute atomic E-state index is 0.0193. The summed E-state index contributed by atoms with van der Waals surface area (Å²) in [5.74, 6) is 0. The third-order valence-corrected chi connectivity index (χ3v) is 4.61. The van der Waals surface area contributed by atoms with Crippen LogP contribution in [0.1, 0.15) is 26.2 Å². The predicted molar refractivity (Wildman–Crippen MR) is 72.3 cm³/mol. The smallest absolute Gasteiger partial charge is 0.315 e. The van der Waals surface area contributed by atoms with E-state index < -0.39 is 10.0 Å². The molecule has 1 aliphatic rings. The number of urea groups is 1. The average Bonchev–Trinajstić information content (AvgIpc) is 2.35. The van der Waals surface area contributed by atoms with Crippen molar-refractivity contribution >= 4 is 16.1 Å². The molecule has 0 bridgehead atoms. The highest BCUT2D eigenvalue weighted by atomic mass is 32.2. The highest BCUT2D eigenvalue weighted by molar-refractivity contribution is 7.88. The Morgan fingerprint density at radius 3 is 2.42 bits per heavy atom. The molecule has 3 N–H and O–H groups in total. The van der Waals surface area contributed by atoms with E-state index in [1.807, 2.05) is 6.92 Å². The second kappa shape index (κ2) is 7.06. The standard InChI is InChI=1S/C11H23N3O4S/c1-3-9(8-15)12-11(16)13-10-4-6-14(7-5-10)19(2,17)18/h9-10,15H,3-8H2,1-2H3,(H2,12,13,16)/t9-/m0/s1. The molecular formula is C11H23N3O4S. The van der Waals surface area contributed by atoms with Crippen LogP contribution in [0.2, 0.25) is 0 Å². The predicted octanol–water partition coefficient (Wildman–Crippen LogP) is -0.519. The molecule has 0 aromatic carbocycles. The fourth-order valence-corrected chi connectivity index (χ4v) is 2.90. The van der Waals surface area contributed by atoms with Crippen LogP contribution < -0.4 is 10.6 Å². The van der Waals surface area contributed by atoms with E-state index in [9.17, 15) is 13.2 Å². The van der Waals surface area contributed by atoms with E-state index >= 15 is 0 Å². The van der Waals surface area contributed by atoms with Crippen molar-refractivity contribution < 1.29 is 18.3 Å². The number of rotatable bonds is 5. The number of nitrogens with zero attached hydrogens (tertiary/aromatic N) is 1. The van der Waals surface area contributed by atoms with Gasteiger partial charge in [0.1, 0.15) is 0 Å². The molecule has 2 amide bonds. The number of aliphatic hydroxyl groups excluding tert-OH is 1. The number of sulfonamides is 1. The van der Waals surface area contributed by atoms with Crippen LogP contribution in [-0.2, 0) is 10.0 Å². The van der Waals surface area contributed by atoms with Gasteiger partial charge in [-0.15, -0.1) is 0 Å². The quantitative estimate of drug-likeness (QED) is 0.635. The Hall–Kier alpha value is -0.860. The summed E-state index contributed by atoms with van der Waals surface area (Å²) in [6.07, 6.45) is 3.07. The van der Waals surface area contributed by atoms with Gasteiger partial charge in [-0.1, -0.05) is 6.92 Å². The van der Waals surface area contributed by atoms with Crippen LogP contribution in [-0.4, -0.2) is 61.9 Å². The molecule has 0 spiro atoms. The van der Waals surface area contributed by atoms with Crippen molar-refractivity contribution in [2.45, 2.75) is 38.3 Å². The first-order valence-corrected chi connectivity index (χ1v) is 8.34. The number of hydrogen-bond donors (Lipinski definition) is 3. The number of aliphatic hydroxyl groups is 1. The van der Waals surface area contributed by atoms with Crippen LogP contribution in [0, 0.1) is 0 Å². The van der Waals surface area contributed by atoms with Gasteiger partial charge in [0.25, 0.3) is 0 Å². The zero-order valence-electron chi connectivity index (χ0n) is 11.4. The molecule has 1 aliphatic heterocycles. The molecule has 1 fully saturated rings. The Kier molecular flexibility index (Phi) is 6.02. The van der Waals surface area contributed by atoms with Gasteiger partial charge in [-0.3, -0.25) is 0 Å². The van der Waals surface area contributed by atoms with Crippen molar-refractivity contribution in [1.82, 2.24) is 14.9 Å². The highest BCUT2D eigenvalue weighted by Crippen LogP contribution is 2.12. The van der Waals surface area contributed by atoms with Crippen molar-refractivity contribution in [2.24, 2.45) is 0 Å². The van der Waals surface area contributed by atoms with Gasteiger partial charge in [0.2, 0.25) is 10.0 Å². The summed E-state index contributed by atoms with van der Waals surface area (Å²) in [7, 11) is -3.13. The number of hydrogen-bond acceptors (Lipinski definition) is 4. The zero-order valence-corrected chi connectivity index (χ0v) is 12.2. The lowest BCUT2D eigenvalue weighted by atomic mass is 10.1. The number of carbonyl (C=O) groups is 1. The molecule has 7 nitrogen and oxygen atoms in total. The van der Waals surface area contributed by atoms with Gasteiger partial charge in [0, 0.05) is 19.1 Å². The van der Waals surface area contributed by atoms with E-state index in [1.165, 1.54) is 10.6 Å². The minimum atomic E-state index is -3.13. The summed E-state index contributed by atoms with van der Waals surface area (Å²) >= 11 is 0. The monoisotopic (exact) mass is 293 g/mol. The molecule has 112 valence electrons. The summed E-state index contributed by atoms with van der Waals surface area (Å²) in [5.41, 5.74) is 0. The molecule has 0 saturated carbocycles. The summed E-state index contributed by atoms with van der Waals surface area (Å²) in [6.45, 7) is 2.66. The lowest BCUT2D eigenvalue weighted by Gasteiger charge is -2.31. The van der Waals surface area contributed by atoms with Crippen molar-refractivity contribution in [3.63, 3.8) is 0 Å². The van der Waals surface area contributed by atoms with Crippen molar-refractivity contribution in [3.05, 3.63) is 0 Å². The van der Waals surface area contributed by atoms with Gasteiger partial charge in [-0.05, 0) is 19.3 Å². The van der Waals surface area contributed by atoms with Crippen LogP contribution in [0.5, 0.6) is 0 Å². The van der Waals surface area contributed by atoms with Crippen LogP contribution >= 0.6 is 0 Å². The largest absolute Gasteiger partial charge is 0.394 e. The average molecular weight is 293 g/mol. The number of piperidine rings is 1. The Morgan fingerprint density at radius 2 is 2.00 bits per heavy atom. The molecule has 1 atom stereocenters. The zero-order chi connectivity index (χ0) is 14.5. The number of nitrogens with one attached hydrogen (secondary N) is 2. The van der Waals surface area contributed by atoms with E-state index in [4.69, 9.17) is 5.11 Å². The second-order valence-electron chi connectivity index (χ2n) is 4.84. The molecule has 0 aromatic rings. The highest BCUT2D eigenvalue weighted by Gasteiger charge is 2.25. The fraction of sp³-hybridized carbons (Fsp3) is 0.909. The van der Waals surface area contributed by atoms with Crippen LogP contribution in [0.25, 0.3) is 0 Å². The second-order valence-corrected chi connectivity index (χ2v) is 6.82. The lowest BCUT2D eigenvalue weighted by Crippen LogP contribution is -2.51. The summed E-state index contributed by atoms with van der Waals surface area (Å²) < 4.78 is 24.1. The van der Waals surface area contributed by atoms with E-state index in [-0.39, 0.29) is 24.7 Å². The summed E-state index contributed by atoms with van der Waals surface area (Å²) in [6, 6.07) is -0.566. The topological polar surface area (TPSA) is 98.7 Å². The maximum absolute atomic E-state index is 11.7. The molecule has 1 rings (SSSR count). The van der Waals surface area contributed by atoms with Gasteiger partial charge in [-0.2, -0.15) is 0 Å². The van der Waals surface area contributed by atoms with E-state index in [0.717, 1.165) is 0 Å². The Bertz CT molecular complexity index is 387. The van der Waals surface area contributed by atoms with Gasteiger partial charge < -0.3 is 15.7 Å². The first-order valence-electron chi connectivity index (χ1n) is 6.49. The SMILES string of the molecule is CC[C@@H](CO)NC(=O)NC1CCN(S(C)(=O)=O)CC1. The normalized spacial score (nSPS) is 19.9. The molecule has 0 aliphatic carbocycles. The number of amides is 2. The van der Waals surface area contributed by atoms with E-state index in [2.05, 4.69) is 10.6 Å².